The average molecular weight is 463 g/mol. The van der Waals surface area contributed by atoms with Crippen molar-refractivity contribution in [1.82, 2.24) is 9.88 Å². The zero-order valence-electron chi connectivity index (χ0n) is 18.6. The van der Waals surface area contributed by atoms with Gasteiger partial charge in [-0.2, -0.15) is 13.2 Å². The molecule has 0 aliphatic heterocycles. The number of aromatic nitrogens is 1. The van der Waals surface area contributed by atoms with Crippen molar-refractivity contribution < 1.29 is 27.1 Å². The Bertz CT molecular complexity index is 1030. The smallest absolute Gasteiger partial charge is 0.417 e. The van der Waals surface area contributed by atoms with E-state index in [0.717, 1.165) is 12.1 Å². The van der Waals surface area contributed by atoms with Crippen LogP contribution in [0.4, 0.5) is 17.6 Å². The van der Waals surface area contributed by atoms with E-state index >= 15 is 0 Å². The second kappa shape index (κ2) is 11.4. The molecule has 0 saturated carbocycles. The second-order valence-electron chi connectivity index (χ2n) is 7.09. The number of ether oxygens (including phenoxy) is 1. The van der Waals surface area contributed by atoms with E-state index in [1.807, 2.05) is 0 Å². The van der Waals surface area contributed by atoms with Crippen LogP contribution in [0.25, 0.3) is 0 Å². The lowest BCUT2D eigenvalue weighted by Crippen LogP contribution is -2.42. The van der Waals surface area contributed by atoms with Gasteiger partial charge in [0.25, 0.3) is 5.91 Å². The van der Waals surface area contributed by atoms with Crippen LogP contribution in [0.1, 0.15) is 42.3 Å². The number of halogens is 4. The summed E-state index contributed by atoms with van der Waals surface area (Å²) in [6, 6.07) is 5.76. The summed E-state index contributed by atoms with van der Waals surface area (Å²) in [5.41, 5.74) is -0.207. The maximum atomic E-state index is 14.7. The Hall–Kier alpha value is -3.49. The van der Waals surface area contributed by atoms with E-state index in [1.54, 1.807) is 39.0 Å². The maximum absolute atomic E-state index is 14.7. The Balaban J connectivity index is 2.21. The Morgan fingerprint density at radius 2 is 2.03 bits per heavy atom. The number of carbonyl (C=O) groups excluding carboxylic acids is 1. The number of pyridine rings is 1. The van der Waals surface area contributed by atoms with Crippen molar-refractivity contribution in [3.05, 3.63) is 84.0 Å². The lowest BCUT2D eigenvalue weighted by atomic mass is 10.0. The summed E-state index contributed by atoms with van der Waals surface area (Å²) >= 11 is 0. The third-order valence-corrected chi connectivity index (χ3v) is 4.78. The van der Waals surface area contributed by atoms with Gasteiger partial charge in [0.05, 0.1) is 17.2 Å². The monoisotopic (exact) mass is 463 g/mol. The van der Waals surface area contributed by atoms with Crippen LogP contribution in [-0.4, -0.2) is 40.7 Å². The van der Waals surface area contributed by atoms with Gasteiger partial charge in [-0.25, -0.2) is 9.37 Å². The van der Waals surface area contributed by atoms with Crippen LogP contribution in [-0.2, 0) is 6.18 Å². The van der Waals surface area contributed by atoms with E-state index in [9.17, 15) is 22.4 Å². The molecule has 1 aromatic carbocycles. The molecular formula is C24H25F4N3O2. The van der Waals surface area contributed by atoms with Crippen molar-refractivity contribution in [3.63, 3.8) is 0 Å². The molecule has 1 unspecified atom stereocenters. The van der Waals surface area contributed by atoms with Crippen molar-refractivity contribution >= 4 is 11.6 Å². The van der Waals surface area contributed by atoms with Gasteiger partial charge in [0.15, 0.2) is 0 Å². The van der Waals surface area contributed by atoms with E-state index in [-0.39, 0.29) is 24.6 Å². The highest BCUT2D eigenvalue weighted by atomic mass is 19.4. The number of nitrogens with zero attached hydrogens (tertiary/aromatic N) is 3. The molecule has 1 heterocycles. The van der Waals surface area contributed by atoms with Crippen molar-refractivity contribution in [3.8, 4) is 5.88 Å². The highest BCUT2D eigenvalue weighted by Crippen LogP contribution is 2.29. The lowest BCUT2D eigenvalue weighted by Gasteiger charge is -2.29. The number of rotatable bonds is 9. The number of amides is 1. The molecule has 33 heavy (non-hydrogen) atoms. The van der Waals surface area contributed by atoms with Crippen LogP contribution in [0.15, 0.2) is 66.5 Å². The fourth-order valence-electron chi connectivity index (χ4n) is 3.06. The molecule has 0 N–H and O–H groups in total. The molecule has 0 radical (unpaired) electrons. The minimum absolute atomic E-state index is 0.0121. The normalized spacial score (nSPS) is 13.1. The molecule has 5 nitrogen and oxygen atoms in total. The summed E-state index contributed by atoms with van der Waals surface area (Å²) in [6.45, 7) is 8.86. The summed E-state index contributed by atoms with van der Waals surface area (Å²) in [6.07, 6.45) is 0.826. The van der Waals surface area contributed by atoms with Gasteiger partial charge in [0.2, 0.25) is 5.88 Å². The van der Waals surface area contributed by atoms with Crippen LogP contribution in [0.3, 0.4) is 0 Å². The number of benzene rings is 1. The van der Waals surface area contributed by atoms with Crippen molar-refractivity contribution in [2.45, 2.75) is 33.0 Å². The molecule has 0 fully saturated rings. The molecule has 0 spiro atoms. The lowest BCUT2D eigenvalue weighted by molar-refractivity contribution is -0.137. The van der Waals surface area contributed by atoms with E-state index in [1.165, 1.54) is 23.2 Å². The quantitative estimate of drug-likeness (QED) is 0.273. The molecule has 9 heteroatoms. The number of hydrogen-bond acceptors (Lipinski definition) is 4. The third-order valence-electron chi connectivity index (χ3n) is 4.78. The van der Waals surface area contributed by atoms with E-state index in [4.69, 9.17) is 4.74 Å². The largest absolute Gasteiger partial charge is 0.475 e. The van der Waals surface area contributed by atoms with Gasteiger partial charge in [-0.3, -0.25) is 9.79 Å². The maximum Gasteiger partial charge on any atom is 0.417 e. The predicted octanol–water partition coefficient (Wildman–Crippen LogP) is 5.68. The Labute approximate surface area is 190 Å². The minimum Gasteiger partial charge on any atom is -0.475 e. The minimum atomic E-state index is -4.50. The standard InChI is InChI=1S/C24H25F4N3O2/c1-5-7-13-29-17(4)19-9-8-10-20(25)22(19)23(32)31(6-2)16(3)15-33-21-12-11-18(14-30-21)24(26,27)28/h5,7-14,16H,1,6,15H2,2-4H3/b13-7-,29-17?. The summed E-state index contributed by atoms with van der Waals surface area (Å²) in [4.78, 5) is 22.5. The van der Waals surface area contributed by atoms with Gasteiger partial charge < -0.3 is 9.64 Å². The Morgan fingerprint density at radius 1 is 1.30 bits per heavy atom. The highest BCUT2D eigenvalue weighted by molar-refractivity contribution is 6.09. The van der Waals surface area contributed by atoms with Crippen molar-refractivity contribution in [1.29, 1.82) is 0 Å². The zero-order valence-corrected chi connectivity index (χ0v) is 18.6. The van der Waals surface area contributed by atoms with Crippen LogP contribution in [0, 0.1) is 5.82 Å². The van der Waals surface area contributed by atoms with Crippen LogP contribution in [0.5, 0.6) is 5.88 Å². The number of allylic oxidation sites excluding steroid dienone is 2. The molecule has 0 bridgehead atoms. The number of hydrogen-bond donors (Lipinski definition) is 0. The molecule has 2 rings (SSSR count). The van der Waals surface area contributed by atoms with Gasteiger partial charge >= 0.3 is 6.18 Å². The molecule has 1 atom stereocenters. The molecule has 1 aromatic heterocycles. The van der Waals surface area contributed by atoms with Gasteiger partial charge in [0.1, 0.15) is 12.4 Å². The number of carbonyl (C=O) groups is 1. The summed E-state index contributed by atoms with van der Waals surface area (Å²) in [5.74, 6) is -1.25. The van der Waals surface area contributed by atoms with E-state index in [2.05, 4.69) is 16.6 Å². The topological polar surface area (TPSA) is 54.8 Å². The van der Waals surface area contributed by atoms with Gasteiger partial charge in [-0.15, -0.1) is 0 Å². The first-order valence-corrected chi connectivity index (χ1v) is 10.2. The molecule has 0 saturated heterocycles. The van der Waals surface area contributed by atoms with Crippen molar-refractivity contribution in [2.75, 3.05) is 13.2 Å². The van der Waals surface area contributed by atoms with Gasteiger partial charge in [0, 0.05) is 36.3 Å². The summed E-state index contributed by atoms with van der Waals surface area (Å²) in [5, 5.41) is 0. The fourth-order valence-corrected chi connectivity index (χ4v) is 3.06. The first kappa shape index (κ1) is 25.8. The second-order valence-corrected chi connectivity index (χ2v) is 7.09. The van der Waals surface area contributed by atoms with Gasteiger partial charge in [-0.05, 0) is 39.0 Å². The molecule has 176 valence electrons. The first-order valence-electron chi connectivity index (χ1n) is 10.2. The van der Waals surface area contributed by atoms with Crippen LogP contribution in [0.2, 0.25) is 0 Å². The molecule has 0 aliphatic rings. The summed E-state index contributed by atoms with van der Waals surface area (Å²) in [7, 11) is 0. The van der Waals surface area contributed by atoms with E-state index < -0.39 is 29.5 Å². The summed E-state index contributed by atoms with van der Waals surface area (Å²) < 4.78 is 58.2. The van der Waals surface area contributed by atoms with Crippen molar-refractivity contribution in [2.24, 2.45) is 4.99 Å². The molecule has 1 amide bonds. The highest BCUT2D eigenvalue weighted by Gasteiger charge is 2.31. The predicted molar refractivity (Wildman–Crippen MR) is 119 cm³/mol. The number of alkyl halides is 3. The Kier molecular flexibility index (Phi) is 8.90. The molecule has 2 aromatic rings. The SMILES string of the molecule is C=C/C=C\N=C(C)c1cccc(F)c1C(=O)N(CC)C(C)COc1ccc(C(F)(F)F)cn1. The molecule has 0 aliphatic carbocycles. The average Bonchev–Trinajstić information content (AvgIpc) is 2.77. The van der Waals surface area contributed by atoms with Gasteiger partial charge in [-0.1, -0.05) is 24.8 Å². The Morgan fingerprint density at radius 3 is 2.61 bits per heavy atom. The zero-order chi connectivity index (χ0) is 24.6. The van der Waals surface area contributed by atoms with Crippen LogP contribution >= 0.6 is 0 Å². The number of likely N-dealkylation sites (N-methyl/N-ethyl adjacent to an activating group) is 1. The number of aliphatic imine (C=N–C) groups is 1. The first-order chi connectivity index (χ1) is 15.6. The molecular weight excluding hydrogens is 438 g/mol. The van der Waals surface area contributed by atoms with Crippen LogP contribution < -0.4 is 4.74 Å². The van der Waals surface area contributed by atoms with E-state index in [0.29, 0.717) is 17.5 Å². The third kappa shape index (κ3) is 6.74. The fraction of sp³-hybridized carbons (Fsp3) is 0.292.